The highest BCUT2D eigenvalue weighted by Gasteiger charge is 2.28. The molecule has 2 heterocycles. The molecule has 3 aliphatic rings. The lowest BCUT2D eigenvalue weighted by Gasteiger charge is -2.25. The van der Waals surface area contributed by atoms with Crippen molar-refractivity contribution in [2.24, 2.45) is 0 Å². The smallest absolute Gasteiger partial charge is 0.0616 e. The molecule has 5 aromatic carbocycles. The van der Waals surface area contributed by atoms with Gasteiger partial charge in [0.15, 0.2) is 0 Å². The van der Waals surface area contributed by atoms with Gasteiger partial charge in [0.2, 0.25) is 0 Å². The molecule has 0 saturated carbocycles. The Balaban J connectivity index is 1.30. The van der Waals surface area contributed by atoms with Crippen molar-refractivity contribution in [2.45, 2.75) is 31.6 Å². The summed E-state index contributed by atoms with van der Waals surface area (Å²) >= 11 is 0. The summed E-state index contributed by atoms with van der Waals surface area (Å²) in [4.78, 5) is 0. The van der Waals surface area contributed by atoms with Crippen LogP contribution in [0.4, 0.5) is 0 Å². The van der Waals surface area contributed by atoms with Gasteiger partial charge in [0.1, 0.15) is 0 Å². The lowest BCUT2D eigenvalue weighted by molar-refractivity contribution is 0.837. The minimum atomic E-state index is 0.284. The molecule has 0 spiro atoms. The minimum absolute atomic E-state index is 0.284. The number of rotatable bonds is 5. The average molecular weight is 629 g/mol. The maximum atomic E-state index is 2.63. The number of nitrogens with zero attached hydrogens (tertiary/aromatic N) is 2. The van der Waals surface area contributed by atoms with Gasteiger partial charge in [0, 0.05) is 56.9 Å². The van der Waals surface area contributed by atoms with Gasteiger partial charge in [-0.25, -0.2) is 0 Å². The van der Waals surface area contributed by atoms with Crippen LogP contribution in [0.3, 0.4) is 0 Å². The van der Waals surface area contributed by atoms with E-state index in [-0.39, 0.29) is 5.92 Å². The molecule has 0 fully saturated rings. The van der Waals surface area contributed by atoms with E-state index in [1.807, 2.05) is 0 Å². The second-order valence-electron chi connectivity index (χ2n) is 13.4. The summed E-state index contributed by atoms with van der Waals surface area (Å²) in [5.74, 6) is 0.284. The third kappa shape index (κ3) is 4.34. The summed E-state index contributed by atoms with van der Waals surface area (Å²) in [5.41, 5.74) is 17.1. The normalized spacial score (nSPS) is 16.1. The highest BCUT2D eigenvalue weighted by Crippen LogP contribution is 2.47. The number of aromatic nitrogens is 2. The van der Waals surface area contributed by atoms with Gasteiger partial charge in [-0.05, 0) is 65.8 Å². The van der Waals surface area contributed by atoms with Crippen LogP contribution in [0.1, 0.15) is 46.8 Å². The van der Waals surface area contributed by atoms with Gasteiger partial charge >= 0.3 is 0 Å². The summed E-state index contributed by atoms with van der Waals surface area (Å²) in [6.07, 6.45) is 22.5. The first-order valence-corrected chi connectivity index (χ1v) is 17.6. The van der Waals surface area contributed by atoms with Crippen molar-refractivity contribution in [1.82, 2.24) is 9.13 Å². The largest absolute Gasteiger partial charge is 0.313 e. The standard InChI is InChI=1S/C47H36N2/c1-4-16-32(17-5-1)35-23-13-30-43(45(35)33-18-6-2-7-19-33)49-41-29-14-24-36(41)38-26-12-27-39(47(38)49)37-25-15-31-44-46(37)40-22-10-11-28-42(40)48(44)34-20-8-3-9-21-34/h1-10,12-18,20-27,30-31,33H,11,19,28-29H2. The first kappa shape index (κ1) is 28.2. The molecule has 0 aliphatic heterocycles. The van der Waals surface area contributed by atoms with E-state index < -0.39 is 0 Å². The van der Waals surface area contributed by atoms with Gasteiger partial charge in [-0.2, -0.15) is 0 Å². The van der Waals surface area contributed by atoms with Gasteiger partial charge in [-0.3, -0.25) is 0 Å². The van der Waals surface area contributed by atoms with Crippen LogP contribution in [-0.4, -0.2) is 9.13 Å². The molecule has 49 heavy (non-hydrogen) atoms. The third-order valence-corrected chi connectivity index (χ3v) is 10.8. The lowest BCUT2D eigenvalue weighted by atomic mass is 9.85. The maximum Gasteiger partial charge on any atom is 0.0616 e. The highest BCUT2D eigenvalue weighted by molar-refractivity contribution is 6.11. The Labute approximate surface area is 287 Å². The molecular formula is C47H36N2. The fourth-order valence-electron chi connectivity index (χ4n) is 8.74. The molecule has 1 unspecified atom stereocenters. The number of benzene rings is 5. The van der Waals surface area contributed by atoms with Crippen molar-refractivity contribution in [3.8, 4) is 33.6 Å². The number of hydrogen-bond acceptors (Lipinski definition) is 0. The molecular weight excluding hydrogens is 593 g/mol. The molecule has 2 heteroatoms. The van der Waals surface area contributed by atoms with Gasteiger partial charge in [-0.15, -0.1) is 0 Å². The molecule has 0 amide bonds. The second-order valence-corrected chi connectivity index (χ2v) is 13.4. The molecule has 2 nitrogen and oxygen atoms in total. The predicted molar refractivity (Wildman–Crippen MR) is 207 cm³/mol. The molecule has 0 N–H and O–H groups in total. The molecule has 10 rings (SSSR count). The van der Waals surface area contributed by atoms with E-state index in [2.05, 4.69) is 173 Å². The Morgan fingerprint density at radius 3 is 2.20 bits per heavy atom. The topological polar surface area (TPSA) is 9.86 Å². The molecule has 7 aromatic rings. The Morgan fingerprint density at radius 2 is 1.35 bits per heavy atom. The van der Waals surface area contributed by atoms with Crippen molar-refractivity contribution in [1.29, 1.82) is 0 Å². The van der Waals surface area contributed by atoms with E-state index in [1.165, 1.54) is 83.5 Å². The van der Waals surface area contributed by atoms with E-state index in [0.29, 0.717) is 0 Å². The van der Waals surface area contributed by atoms with Crippen LogP contribution in [-0.2, 0) is 12.8 Å². The molecule has 0 saturated heterocycles. The van der Waals surface area contributed by atoms with Crippen molar-refractivity contribution in [3.05, 3.63) is 180 Å². The zero-order valence-electron chi connectivity index (χ0n) is 27.4. The average Bonchev–Trinajstić information content (AvgIpc) is 3.87. The maximum absolute atomic E-state index is 2.63. The van der Waals surface area contributed by atoms with Crippen molar-refractivity contribution in [3.63, 3.8) is 0 Å². The summed E-state index contributed by atoms with van der Waals surface area (Å²) in [7, 11) is 0. The van der Waals surface area contributed by atoms with Crippen molar-refractivity contribution in [2.75, 3.05) is 0 Å². The monoisotopic (exact) mass is 628 g/mol. The Hall–Kier alpha value is -5.86. The van der Waals surface area contributed by atoms with Crippen LogP contribution in [0.5, 0.6) is 0 Å². The fourth-order valence-corrected chi connectivity index (χ4v) is 8.74. The van der Waals surface area contributed by atoms with Gasteiger partial charge < -0.3 is 9.13 Å². The van der Waals surface area contributed by atoms with Crippen LogP contribution in [0.25, 0.3) is 67.6 Å². The quantitative estimate of drug-likeness (QED) is 0.179. The Bertz CT molecular complexity index is 2530. The van der Waals surface area contributed by atoms with E-state index in [9.17, 15) is 0 Å². The van der Waals surface area contributed by atoms with Gasteiger partial charge in [0.25, 0.3) is 0 Å². The highest BCUT2D eigenvalue weighted by atomic mass is 15.0. The zero-order valence-corrected chi connectivity index (χ0v) is 27.4. The van der Waals surface area contributed by atoms with E-state index in [1.54, 1.807) is 0 Å². The summed E-state index contributed by atoms with van der Waals surface area (Å²) < 4.78 is 5.13. The Kier molecular flexibility index (Phi) is 6.55. The van der Waals surface area contributed by atoms with E-state index in [0.717, 1.165) is 25.7 Å². The van der Waals surface area contributed by atoms with Gasteiger partial charge in [0.05, 0.1) is 16.7 Å². The van der Waals surface area contributed by atoms with Crippen LogP contribution >= 0.6 is 0 Å². The number of fused-ring (bicyclic) bond motifs is 6. The summed E-state index contributed by atoms with van der Waals surface area (Å²) in [5, 5.41) is 2.66. The molecule has 234 valence electrons. The van der Waals surface area contributed by atoms with E-state index in [4.69, 9.17) is 0 Å². The van der Waals surface area contributed by atoms with Gasteiger partial charge in [-0.1, -0.05) is 140 Å². The zero-order chi connectivity index (χ0) is 32.3. The minimum Gasteiger partial charge on any atom is -0.313 e. The molecule has 1 atom stereocenters. The molecule has 3 aliphatic carbocycles. The summed E-state index contributed by atoms with van der Waals surface area (Å²) in [6.45, 7) is 0. The molecule has 0 radical (unpaired) electrons. The Morgan fingerprint density at radius 1 is 0.571 bits per heavy atom. The van der Waals surface area contributed by atoms with Crippen LogP contribution in [0, 0.1) is 0 Å². The first-order valence-electron chi connectivity index (χ1n) is 17.6. The van der Waals surface area contributed by atoms with Crippen LogP contribution < -0.4 is 0 Å². The number of allylic oxidation sites excluding steroid dienone is 6. The lowest BCUT2D eigenvalue weighted by Crippen LogP contribution is -2.09. The predicted octanol–water partition coefficient (Wildman–Crippen LogP) is 12.0. The third-order valence-electron chi connectivity index (χ3n) is 10.8. The van der Waals surface area contributed by atoms with Crippen LogP contribution in [0.15, 0.2) is 152 Å². The van der Waals surface area contributed by atoms with Crippen molar-refractivity contribution >= 4 is 34.0 Å². The number of para-hydroxylation sites is 2. The van der Waals surface area contributed by atoms with Crippen LogP contribution in [0.2, 0.25) is 0 Å². The summed E-state index contributed by atoms with van der Waals surface area (Å²) in [6, 6.07) is 42.6. The molecule has 2 aromatic heterocycles. The second kappa shape index (κ2) is 11.4. The fraction of sp³-hybridized carbons (Fsp3) is 0.106. The first-order chi connectivity index (χ1) is 24.4. The van der Waals surface area contributed by atoms with E-state index >= 15 is 0 Å². The SMILES string of the molecule is C1=CCC(c2c(-c3ccccc3)cccc2-n2c3c(c4cccc(-c5cccc6c5c5c(n6-c6ccccc6)CCC=C5)c42)C=CC3)C=C1. The number of hydrogen-bond donors (Lipinski definition) is 0. The van der Waals surface area contributed by atoms with Crippen molar-refractivity contribution < 1.29 is 0 Å². The molecule has 0 bridgehead atoms.